The summed E-state index contributed by atoms with van der Waals surface area (Å²) in [4.78, 5) is 17.7. The number of ether oxygens (including phenoxy) is 2. The second-order valence-corrected chi connectivity index (χ2v) is 9.10. The Morgan fingerprint density at radius 2 is 1.97 bits per heavy atom. The van der Waals surface area contributed by atoms with Gasteiger partial charge in [-0.25, -0.2) is 19.5 Å². The molecule has 160 valence electrons. The number of aryl methyl sites for hydroxylation is 1. The highest BCUT2D eigenvalue weighted by Gasteiger charge is 2.41. The fourth-order valence-corrected chi connectivity index (χ4v) is 5.20. The van der Waals surface area contributed by atoms with Crippen molar-refractivity contribution in [1.29, 1.82) is 0 Å². The van der Waals surface area contributed by atoms with Crippen LogP contribution in [0.25, 0.3) is 27.1 Å². The fraction of sp³-hybridized carbons (Fsp3) is 0.261. The molecule has 1 aromatic carbocycles. The number of aromatic nitrogens is 6. The van der Waals surface area contributed by atoms with Gasteiger partial charge >= 0.3 is 6.01 Å². The lowest BCUT2D eigenvalue weighted by atomic mass is 10.0. The largest absolute Gasteiger partial charge is 0.480 e. The molecule has 0 unspecified atom stereocenters. The van der Waals surface area contributed by atoms with E-state index >= 15 is 0 Å². The molecule has 5 aromatic rings. The maximum absolute atomic E-state index is 5.48. The standard InChI is InChI=1S/C23H20N6O2S/c1-12-26-18-5-4-13(8-20(18)32-12)14-9-15(14)16-10-19(28-29-7-6-24-21(16)29)17-11-25-23(31-3)27-22(17)30-2/h4-8,10-11,14-15H,9H2,1-3H3/t14-,15+/m1/s1. The van der Waals surface area contributed by atoms with E-state index in [1.807, 2.05) is 10.7 Å². The minimum Gasteiger partial charge on any atom is -0.480 e. The van der Waals surface area contributed by atoms with Crippen LogP contribution in [0.15, 0.2) is 42.9 Å². The van der Waals surface area contributed by atoms with Crippen molar-refractivity contribution in [3.05, 3.63) is 59.0 Å². The highest BCUT2D eigenvalue weighted by molar-refractivity contribution is 7.18. The van der Waals surface area contributed by atoms with Gasteiger partial charge in [0.15, 0.2) is 5.65 Å². The summed E-state index contributed by atoms with van der Waals surface area (Å²) in [5.74, 6) is 1.25. The van der Waals surface area contributed by atoms with E-state index in [2.05, 4.69) is 51.1 Å². The Morgan fingerprint density at radius 3 is 2.81 bits per heavy atom. The van der Waals surface area contributed by atoms with Crippen LogP contribution in [-0.4, -0.2) is 43.8 Å². The number of methoxy groups -OCH3 is 2. The third-order valence-corrected chi connectivity index (χ3v) is 6.84. The Morgan fingerprint density at radius 1 is 1.06 bits per heavy atom. The predicted octanol–water partition coefficient (Wildman–Crippen LogP) is 4.39. The molecule has 1 saturated carbocycles. The molecule has 8 nitrogen and oxygen atoms in total. The maximum atomic E-state index is 5.48. The molecule has 2 atom stereocenters. The van der Waals surface area contributed by atoms with Crippen molar-refractivity contribution in [2.75, 3.05) is 14.2 Å². The minimum atomic E-state index is 0.255. The molecule has 0 aliphatic heterocycles. The van der Waals surface area contributed by atoms with Crippen LogP contribution in [0, 0.1) is 6.92 Å². The van der Waals surface area contributed by atoms with E-state index in [1.165, 1.54) is 22.9 Å². The number of benzene rings is 1. The van der Waals surface area contributed by atoms with Crippen molar-refractivity contribution in [3.63, 3.8) is 0 Å². The lowest BCUT2D eigenvalue weighted by Gasteiger charge is -2.10. The van der Waals surface area contributed by atoms with Crippen LogP contribution in [0.2, 0.25) is 0 Å². The molecule has 4 aromatic heterocycles. The van der Waals surface area contributed by atoms with Crippen LogP contribution in [0.3, 0.4) is 0 Å². The molecule has 4 heterocycles. The second-order valence-electron chi connectivity index (χ2n) is 7.87. The predicted molar refractivity (Wildman–Crippen MR) is 122 cm³/mol. The Balaban J connectivity index is 1.41. The van der Waals surface area contributed by atoms with Crippen LogP contribution >= 0.6 is 11.3 Å². The summed E-state index contributed by atoms with van der Waals surface area (Å²) in [6.07, 6.45) is 6.40. The molecule has 0 N–H and O–H groups in total. The fourth-order valence-electron chi connectivity index (χ4n) is 4.32. The van der Waals surface area contributed by atoms with E-state index in [1.54, 1.807) is 30.8 Å². The normalized spacial score (nSPS) is 17.7. The Hall–Kier alpha value is -3.59. The summed E-state index contributed by atoms with van der Waals surface area (Å²) < 4.78 is 13.7. The van der Waals surface area contributed by atoms with Gasteiger partial charge in [-0.3, -0.25) is 0 Å². The monoisotopic (exact) mass is 444 g/mol. The molecular weight excluding hydrogens is 424 g/mol. The summed E-state index contributed by atoms with van der Waals surface area (Å²) in [5, 5.41) is 5.82. The van der Waals surface area contributed by atoms with Crippen molar-refractivity contribution in [2.24, 2.45) is 0 Å². The van der Waals surface area contributed by atoms with Crippen molar-refractivity contribution < 1.29 is 9.47 Å². The summed E-state index contributed by atoms with van der Waals surface area (Å²) in [5.41, 5.74) is 5.92. The maximum Gasteiger partial charge on any atom is 0.319 e. The number of hydrogen-bond acceptors (Lipinski definition) is 8. The molecule has 9 heteroatoms. The smallest absolute Gasteiger partial charge is 0.319 e. The molecule has 0 saturated heterocycles. The number of fused-ring (bicyclic) bond motifs is 2. The first kappa shape index (κ1) is 19.1. The van der Waals surface area contributed by atoms with E-state index in [9.17, 15) is 0 Å². The topological polar surface area (TPSA) is 87.3 Å². The van der Waals surface area contributed by atoms with Gasteiger partial charge in [0.05, 0.1) is 40.7 Å². The first-order valence-corrected chi connectivity index (χ1v) is 11.1. The summed E-state index contributed by atoms with van der Waals surface area (Å²) >= 11 is 1.74. The molecule has 0 radical (unpaired) electrons. The van der Waals surface area contributed by atoms with Crippen molar-refractivity contribution in [1.82, 2.24) is 29.5 Å². The molecular formula is C23H20N6O2S. The average molecular weight is 445 g/mol. The summed E-state index contributed by atoms with van der Waals surface area (Å²) in [6.45, 7) is 2.05. The number of imidazole rings is 1. The first-order valence-electron chi connectivity index (χ1n) is 10.3. The molecule has 6 rings (SSSR count). The zero-order chi connectivity index (χ0) is 21.8. The molecule has 1 fully saturated rings. The van der Waals surface area contributed by atoms with E-state index in [0.717, 1.165) is 28.3 Å². The van der Waals surface area contributed by atoms with E-state index < -0.39 is 0 Å². The van der Waals surface area contributed by atoms with Crippen molar-refractivity contribution in [2.45, 2.75) is 25.2 Å². The number of rotatable bonds is 5. The molecule has 32 heavy (non-hydrogen) atoms. The number of hydrogen-bond donors (Lipinski definition) is 0. The Kier molecular flexibility index (Phi) is 4.32. The van der Waals surface area contributed by atoms with Gasteiger partial charge in [0.2, 0.25) is 5.88 Å². The van der Waals surface area contributed by atoms with Gasteiger partial charge in [-0.05, 0) is 48.9 Å². The number of thiazole rings is 1. The minimum absolute atomic E-state index is 0.255. The average Bonchev–Trinajstić information content (AvgIpc) is 3.30. The van der Waals surface area contributed by atoms with E-state index in [4.69, 9.17) is 14.6 Å². The lowest BCUT2D eigenvalue weighted by molar-refractivity contribution is 0.353. The SMILES string of the molecule is COc1ncc(-c2cc([C@H]3C[C@@H]3c3ccc4nc(C)sc4c3)c3nccn3n2)c(OC)n1. The van der Waals surface area contributed by atoms with Crippen LogP contribution in [0.1, 0.15) is 34.4 Å². The zero-order valence-electron chi connectivity index (χ0n) is 17.8. The molecule has 1 aliphatic carbocycles. The Bertz CT molecular complexity index is 1480. The zero-order valence-corrected chi connectivity index (χ0v) is 18.6. The van der Waals surface area contributed by atoms with Crippen LogP contribution in [-0.2, 0) is 0 Å². The van der Waals surface area contributed by atoms with E-state index in [-0.39, 0.29) is 6.01 Å². The first-order chi connectivity index (χ1) is 15.6. The van der Waals surface area contributed by atoms with Gasteiger partial charge in [0.25, 0.3) is 0 Å². The highest BCUT2D eigenvalue weighted by Crippen LogP contribution is 2.56. The van der Waals surface area contributed by atoms with Crippen LogP contribution < -0.4 is 9.47 Å². The van der Waals surface area contributed by atoms with Crippen LogP contribution in [0.4, 0.5) is 0 Å². The third-order valence-electron chi connectivity index (χ3n) is 5.91. The van der Waals surface area contributed by atoms with Crippen LogP contribution in [0.5, 0.6) is 11.9 Å². The molecule has 0 amide bonds. The van der Waals surface area contributed by atoms with Gasteiger partial charge in [-0.1, -0.05) is 6.07 Å². The summed E-state index contributed by atoms with van der Waals surface area (Å²) in [7, 11) is 3.11. The number of nitrogens with zero attached hydrogens (tertiary/aromatic N) is 6. The van der Waals surface area contributed by atoms with Gasteiger partial charge in [0.1, 0.15) is 0 Å². The van der Waals surface area contributed by atoms with Gasteiger partial charge in [-0.2, -0.15) is 10.1 Å². The van der Waals surface area contributed by atoms with Gasteiger partial charge in [0, 0.05) is 24.2 Å². The quantitative estimate of drug-likeness (QED) is 0.397. The molecule has 0 spiro atoms. The molecule has 0 bridgehead atoms. The second kappa shape index (κ2) is 7.23. The molecule has 1 aliphatic rings. The highest BCUT2D eigenvalue weighted by atomic mass is 32.1. The third kappa shape index (κ3) is 3.08. The van der Waals surface area contributed by atoms with Gasteiger partial charge in [-0.15, -0.1) is 11.3 Å². The van der Waals surface area contributed by atoms with Gasteiger partial charge < -0.3 is 9.47 Å². The summed E-state index contributed by atoms with van der Waals surface area (Å²) in [6, 6.07) is 8.97. The van der Waals surface area contributed by atoms with Crippen molar-refractivity contribution >= 4 is 27.2 Å². The Labute approximate surface area is 187 Å². The lowest BCUT2D eigenvalue weighted by Crippen LogP contribution is -2.02. The van der Waals surface area contributed by atoms with E-state index in [0.29, 0.717) is 23.3 Å². The van der Waals surface area contributed by atoms with Crippen molar-refractivity contribution in [3.8, 4) is 23.1 Å².